The van der Waals surface area contributed by atoms with Crippen molar-refractivity contribution < 1.29 is 13.2 Å². The molecular weight excluding hydrogens is 402 g/mol. The first kappa shape index (κ1) is 20.2. The number of carbonyl (C=O) groups is 1. The fourth-order valence-electron chi connectivity index (χ4n) is 3.47. The highest BCUT2D eigenvalue weighted by atomic mass is 32.2. The summed E-state index contributed by atoms with van der Waals surface area (Å²) in [5, 5.41) is 2.77. The monoisotopic (exact) mass is 425 g/mol. The summed E-state index contributed by atoms with van der Waals surface area (Å²) in [6.45, 7) is 3.13. The summed E-state index contributed by atoms with van der Waals surface area (Å²) >= 11 is 0. The van der Waals surface area contributed by atoms with Crippen LogP contribution in [0.5, 0.6) is 0 Å². The zero-order chi connectivity index (χ0) is 21.1. The van der Waals surface area contributed by atoms with Crippen LogP contribution in [-0.2, 0) is 10.0 Å². The Balaban J connectivity index is 1.49. The van der Waals surface area contributed by atoms with Crippen LogP contribution in [0.1, 0.15) is 30.3 Å². The summed E-state index contributed by atoms with van der Waals surface area (Å²) in [4.78, 5) is 20.9. The van der Waals surface area contributed by atoms with Crippen molar-refractivity contribution in [2.75, 3.05) is 18.4 Å². The van der Waals surface area contributed by atoms with E-state index in [0.717, 1.165) is 12.8 Å². The molecule has 30 heavy (non-hydrogen) atoms. The summed E-state index contributed by atoms with van der Waals surface area (Å²) in [6, 6.07) is 12.3. The number of hydrogen-bond donors (Lipinski definition) is 1. The molecule has 9 heteroatoms. The molecule has 1 N–H and O–H groups in total. The van der Waals surface area contributed by atoms with E-state index in [1.165, 1.54) is 16.8 Å². The van der Waals surface area contributed by atoms with Crippen molar-refractivity contribution in [3.63, 3.8) is 0 Å². The van der Waals surface area contributed by atoms with Crippen molar-refractivity contribution in [3.8, 4) is 5.82 Å². The van der Waals surface area contributed by atoms with Gasteiger partial charge in [0.2, 0.25) is 10.0 Å². The molecule has 0 saturated carbocycles. The molecule has 3 aromatic rings. The number of amides is 1. The zero-order valence-corrected chi connectivity index (χ0v) is 17.4. The molecule has 2 aromatic heterocycles. The minimum atomic E-state index is -3.55. The van der Waals surface area contributed by atoms with Crippen LogP contribution in [0.15, 0.2) is 66.1 Å². The Bertz CT molecular complexity index is 1130. The predicted octanol–water partition coefficient (Wildman–Crippen LogP) is 2.94. The normalized spacial score (nSPS) is 17.6. The van der Waals surface area contributed by atoms with Crippen molar-refractivity contribution in [1.29, 1.82) is 0 Å². The van der Waals surface area contributed by atoms with Gasteiger partial charge in [-0.25, -0.2) is 18.4 Å². The largest absolute Gasteiger partial charge is 0.321 e. The van der Waals surface area contributed by atoms with E-state index in [9.17, 15) is 13.2 Å². The second-order valence-electron chi connectivity index (χ2n) is 7.45. The van der Waals surface area contributed by atoms with Gasteiger partial charge in [-0.2, -0.15) is 4.31 Å². The second kappa shape index (κ2) is 8.37. The summed E-state index contributed by atoms with van der Waals surface area (Å²) in [6.07, 6.45) is 6.30. The Labute approximate surface area is 175 Å². The molecule has 1 atom stereocenters. The number of carbonyl (C=O) groups excluding carboxylic acids is 1. The molecule has 1 saturated heterocycles. The number of imidazole rings is 1. The van der Waals surface area contributed by atoms with Crippen molar-refractivity contribution in [2.24, 2.45) is 5.92 Å². The molecule has 1 fully saturated rings. The maximum absolute atomic E-state index is 12.9. The third-order valence-corrected chi connectivity index (χ3v) is 6.94. The number of nitrogens with one attached hydrogen (secondary N) is 1. The van der Waals surface area contributed by atoms with Crippen molar-refractivity contribution in [3.05, 3.63) is 66.9 Å². The Kier molecular flexibility index (Phi) is 5.65. The molecule has 3 heterocycles. The maximum atomic E-state index is 12.9. The molecular formula is C21H23N5O3S. The van der Waals surface area contributed by atoms with E-state index in [1.807, 2.05) is 18.2 Å². The van der Waals surface area contributed by atoms with Crippen LogP contribution in [0.2, 0.25) is 0 Å². The maximum Gasteiger partial charge on any atom is 0.275 e. The van der Waals surface area contributed by atoms with Gasteiger partial charge >= 0.3 is 0 Å². The van der Waals surface area contributed by atoms with Gasteiger partial charge in [0.15, 0.2) is 0 Å². The second-order valence-corrected chi connectivity index (χ2v) is 9.39. The number of hydrogen-bond acceptors (Lipinski definition) is 5. The molecule has 0 bridgehead atoms. The van der Waals surface area contributed by atoms with Gasteiger partial charge in [0, 0.05) is 31.2 Å². The molecule has 0 spiro atoms. The molecule has 1 aliphatic heterocycles. The zero-order valence-electron chi connectivity index (χ0n) is 16.6. The molecule has 1 aliphatic rings. The number of para-hydroxylation sites is 1. The number of aromatic nitrogens is 3. The number of sulfonamides is 1. The first-order valence-electron chi connectivity index (χ1n) is 9.80. The first-order chi connectivity index (χ1) is 14.4. The quantitative estimate of drug-likeness (QED) is 0.678. The lowest BCUT2D eigenvalue weighted by atomic mass is 10.0. The highest BCUT2D eigenvalue weighted by molar-refractivity contribution is 7.89. The average molecular weight is 426 g/mol. The molecule has 156 valence electrons. The van der Waals surface area contributed by atoms with Crippen molar-refractivity contribution >= 4 is 21.6 Å². The smallest absolute Gasteiger partial charge is 0.275 e. The van der Waals surface area contributed by atoms with Gasteiger partial charge in [-0.05, 0) is 43.0 Å². The first-order valence-corrected chi connectivity index (χ1v) is 11.2. The summed E-state index contributed by atoms with van der Waals surface area (Å²) in [5.41, 5.74) is 0.913. The minimum absolute atomic E-state index is 0.169. The van der Waals surface area contributed by atoms with Gasteiger partial charge in [-0.1, -0.05) is 25.1 Å². The predicted molar refractivity (Wildman–Crippen MR) is 113 cm³/mol. The van der Waals surface area contributed by atoms with Gasteiger partial charge in [-0.15, -0.1) is 0 Å². The summed E-state index contributed by atoms with van der Waals surface area (Å²) in [7, 11) is -3.55. The molecule has 4 rings (SSSR count). The minimum Gasteiger partial charge on any atom is -0.321 e. The van der Waals surface area contributed by atoms with Crippen molar-refractivity contribution in [2.45, 2.75) is 24.7 Å². The molecule has 0 aliphatic carbocycles. The highest BCUT2D eigenvalue weighted by Crippen LogP contribution is 2.23. The van der Waals surface area contributed by atoms with E-state index in [2.05, 4.69) is 22.2 Å². The fourth-order valence-corrected chi connectivity index (χ4v) is 5.02. The van der Waals surface area contributed by atoms with E-state index in [-0.39, 0.29) is 16.5 Å². The van der Waals surface area contributed by atoms with Crippen LogP contribution < -0.4 is 5.32 Å². The van der Waals surface area contributed by atoms with Crippen LogP contribution in [0.3, 0.4) is 0 Å². The van der Waals surface area contributed by atoms with Gasteiger partial charge in [0.25, 0.3) is 5.91 Å². The Morgan fingerprint density at radius 1 is 1.13 bits per heavy atom. The highest BCUT2D eigenvalue weighted by Gasteiger charge is 2.28. The van der Waals surface area contributed by atoms with Crippen LogP contribution >= 0.6 is 0 Å². The Morgan fingerprint density at radius 2 is 1.93 bits per heavy atom. The molecule has 1 unspecified atom stereocenters. The summed E-state index contributed by atoms with van der Waals surface area (Å²) in [5.74, 6) is 0.498. The standard InChI is InChI=1S/C21H23N5O3S/c1-16-6-5-11-26(13-16)30(28,29)18-9-10-20(22-12-18)25-14-19(23-15-25)21(27)24-17-7-3-2-4-8-17/h2-4,7-10,12,14-16H,5-6,11,13H2,1H3,(H,24,27). The van der Waals surface area contributed by atoms with Crippen molar-refractivity contribution in [1.82, 2.24) is 18.8 Å². The van der Waals surface area contributed by atoms with E-state index in [0.29, 0.717) is 30.5 Å². The van der Waals surface area contributed by atoms with Crippen LogP contribution in [0, 0.1) is 5.92 Å². The Morgan fingerprint density at radius 3 is 2.63 bits per heavy atom. The van der Waals surface area contributed by atoms with Gasteiger partial charge in [0.1, 0.15) is 22.7 Å². The number of pyridine rings is 1. The van der Waals surface area contributed by atoms with Crippen LogP contribution in [-0.4, -0.2) is 46.3 Å². The number of nitrogens with zero attached hydrogens (tertiary/aromatic N) is 4. The fraction of sp³-hybridized carbons (Fsp3) is 0.286. The van der Waals surface area contributed by atoms with Gasteiger partial charge in [-0.3, -0.25) is 9.36 Å². The number of benzene rings is 1. The topological polar surface area (TPSA) is 97.2 Å². The number of anilines is 1. The molecule has 0 radical (unpaired) electrons. The van der Waals surface area contributed by atoms with E-state index in [1.54, 1.807) is 35.0 Å². The summed E-state index contributed by atoms with van der Waals surface area (Å²) < 4.78 is 28.8. The lowest BCUT2D eigenvalue weighted by Crippen LogP contribution is -2.39. The third-order valence-electron chi connectivity index (χ3n) is 5.09. The van der Waals surface area contributed by atoms with Gasteiger partial charge < -0.3 is 5.32 Å². The van der Waals surface area contributed by atoms with E-state index in [4.69, 9.17) is 0 Å². The average Bonchev–Trinajstić information content (AvgIpc) is 3.25. The lowest BCUT2D eigenvalue weighted by Gasteiger charge is -2.29. The third kappa shape index (κ3) is 4.27. The van der Waals surface area contributed by atoms with Crippen LogP contribution in [0.4, 0.5) is 5.69 Å². The molecule has 1 amide bonds. The SMILES string of the molecule is CC1CCCN(S(=O)(=O)c2ccc(-n3cnc(C(=O)Nc4ccccc4)c3)nc2)C1. The lowest BCUT2D eigenvalue weighted by molar-refractivity contribution is 0.102. The van der Waals surface area contributed by atoms with E-state index >= 15 is 0 Å². The number of piperidine rings is 1. The van der Waals surface area contributed by atoms with E-state index < -0.39 is 10.0 Å². The van der Waals surface area contributed by atoms with Gasteiger partial charge in [0.05, 0.1) is 0 Å². The Hall–Kier alpha value is -3.04. The van der Waals surface area contributed by atoms with Crippen LogP contribution in [0.25, 0.3) is 5.82 Å². The molecule has 8 nitrogen and oxygen atoms in total. The molecule has 1 aromatic carbocycles. The number of rotatable bonds is 5.